The number of furan rings is 1. The largest absolute Gasteiger partial charge is 0.472 e. The number of carbonyl (C=O) groups excluding carboxylic acids is 1. The van der Waals surface area contributed by atoms with Gasteiger partial charge in [-0.1, -0.05) is 30.7 Å². The highest BCUT2D eigenvalue weighted by Gasteiger charge is 2.32. The van der Waals surface area contributed by atoms with Gasteiger partial charge in [0.15, 0.2) is 5.84 Å². The molecule has 1 aromatic heterocycles. The highest BCUT2D eigenvalue weighted by atomic mass is 35.5. The maximum absolute atomic E-state index is 12.9. The van der Waals surface area contributed by atoms with Crippen molar-refractivity contribution in [2.75, 3.05) is 16.8 Å². The maximum Gasteiger partial charge on any atom is 0.286 e. The minimum Gasteiger partial charge on any atom is -0.472 e. The van der Waals surface area contributed by atoms with Gasteiger partial charge in [0.1, 0.15) is 11.2 Å². The van der Waals surface area contributed by atoms with Crippen molar-refractivity contribution in [3.05, 3.63) is 77.2 Å². The van der Waals surface area contributed by atoms with E-state index in [9.17, 15) is 13.2 Å². The number of rotatable bonds is 5. The predicted molar refractivity (Wildman–Crippen MR) is 116 cm³/mol. The summed E-state index contributed by atoms with van der Waals surface area (Å²) >= 11 is 6.08. The topological polar surface area (TPSA) is 92.0 Å². The van der Waals surface area contributed by atoms with E-state index in [0.717, 1.165) is 6.42 Å². The first-order valence-electron chi connectivity index (χ1n) is 9.25. The first-order chi connectivity index (χ1) is 14.4. The monoisotopic (exact) mass is 443 g/mol. The van der Waals surface area contributed by atoms with E-state index in [2.05, 4.69) is 9.71 Å². The van der Waals surface area contributed by atoms with Crippen molar-refractivity contribution in [3.8, 4) is 0 Å². The van der Waals surface area contributed by atoms with Crippen LogP contribution in [0.4, 0.5) is 11.4 Å². The van der Waals surface area contributed by atoms with Crippen LogP contribution in [0, 0.1) is 0 Å². The molecule has 1 amide bonds. The summed E-state index contributed by atoms with van der Waals surface area (Å²) in [5.41, 5.74) is 1.71. The molecule has 0 saturated carbocycles. The van der Waals surface area contributed by atoms with Crippen LogP contribution in [0.1, 0.15) is 29.3 Å². The number of hydrogen-bond acceptors (Lipinski definition) is 5. The Morgan fingerprint density at radius 2 is 2.00 bits per heavy atom. The van der Waals surface area contributed by atoms with Gasteiger partial charge in [-0.15, -0.1) is 4.40 Å². The number of amidine groups is 1. The van der Waals surface area contributed by atoms with Gasteiger partial charge in [-0.25, -0.2) is 0 Å². The number of anilines is 2. The highest BCUT2D eigenvalue weighted by molar-refractivity contribution is 7.90. The van der Waals surface area contributed by atoms with E-state index in [0.29, 0.717) is 39.9 Å². The Kier molecular flexibility index (Phi) is 5.36. The second-order valence-electron chi connectivity index (χ2n) is 6.67. The molecule has 1 aliphatic heterocycles. The number of amides is 1. The van der Waals surface area contributed by atoms with E-state index in [1.54, 1.807) is 42.5 Å². The molecule has 154 valence electrons. The zero-order chi connectivity index (χ0) is 21.3. The molecule has 0 aliphatic carbocycles. The van der Waals surface area contributed by atoms with Crippen molar-refractivity contribution in [3.63, 3.8) is 0 Å². The number of halogens is 1. The summed E-state index contributed by atoms with van der Waals surface area (Å²) in [5, 5.41) is 3.01. The molecule has 9 heteroatoms. The van der Waals surface area contributed by atoms with Crippen LogP contribution in [0.15, 0.2) is 74.8 Å². The molecular weight excluding hydrogens is 426 g/mol. The normalized spacial score (nSPS) is 14.7. The van der Waals surface area contributed by atoms with Crippen LogP contribution >= 0.6 is 11.6 Å². The third-order valence-electron chi connectivity index (χ3n) is 4.59. The van der Waals surface area contributed by atoms with Crippen molar-refractivity contribution in [1.82, 2.24) is 0 Å². The quantitative estimate of drug-likeness (QED) is 0.624. The van der Waals surface area contributed by atoms with Gasteiger partial charge in [-0.2, -0.15) is 8.42 Å². The predicted octanol–water partition coefficient (Wildman–Crippen LogP) is 4.55. The fraction of sp³-hybridized carbons (Fsp3) is 0.143. The zero-order valence-electron chi connectivity index (χ0n) is 16.0. The van der Waals surface area contributed by atoms with Gasteiger partial charge < -0.3 is 14.6 Å². The lowest BCUT2D eigenvalue weighted by Gasteiger charge is -2.30. The highest BCUT2D eigenvalue weighted by Crippen LogP contribution is 2.35. The average Bonchev–Trinajstić information content (AvgIpc) is 3.25. The van der Waals surface area contributed by atoms with Gasteiger partial charge in [0.25, 0.3) is 15.9 Å². The SMILES string of the molecule is CCCN1C(c2ccoc2)=NS(=O)(=O)c2cc(NC(=O)c3ccccc3Cl)ccc21. The molecule has 0 bridgehead atoms. The molecule has 3 aromatic rings. The molecule has 0 spiro atoms. The van der Waals surface area contributed by atoms with E-state index in [1.165, 1.54) is 18.6 Å². The Hall–Kier alpha value is -3.10. The first kappa shape index (κ1) is 20.2. The fourth-order valence-electron chi connectivity index (χ4n) is 3.24. The Labute approximate surface area is 179 Å². The molecule has 0 atom stereocenters. The second-order valence-corrected chi connectivity index (χ2v) is 8.65. The molecule has 7 nitrogen and oxygen atoms in total. The van der Waals surface area contributed by atoms with E-state index in [1.807, 2.05) is 11.8 Å². The van der Waals surface area contributed by atoms with Crippen LogP contribution in [0.3, 0.4) is 0 Å². The minimum atomic E-state index is -3.97. The van der Waals surface area contributed by atoms with E-state index in [-0.39, 0.29) is 4.90 Å². The average molecular weight is 444 g/mol. The zero-order valence-corrected chi connectivity index (χ0v) is 17.6. The van der Waals surface area contributed by atoms with Crippen molar-refractivity contribution in [1.29, 1.82) is 0 Å². The lowest BCUT2D eigenvalue weighted by Crippen LogP contribution is -2.37. The smallest absolute Gasteiger partial charge is 0.286 e. The summed E-state index contributed by atoms with van der Waals surface area (Å²) in [4.78, 5) is 14.4. The number of carbonyl (C=O) groups is 1. The summed E-state index contributed by atoms with van der Waals surface area (Å²) in [6, 6.07) is 13.0. The van der Waals surface area contributed by atoms with Crippen molar-refractivity contribution >= 4 is 44.7 Å². The van der Waals surface area contributed by atoms with Crippen LogP contribution in [0.25, 0.3) is 0 Å². The number of nitrogens with one attached hydrogen (secondary N) is 1. The summed E-state index contributed by atoms with van der Waals surface area (Å²) in [6.45, 7) is 2.56. The van der Waals surface area contributed by atoms with Gasteiger partial charge >= 0.3 is 0 Å². The lowest BCUT2D eigenvalue weighted by molar-refractivity contribution is 0.102. The Bertz CT molecular complexity index is 1240. The fourth-order valence-corrected chi connectivity index (χ4v) is 4.71. The third kappa shape index (κ3) is 3.71. The van der Waals surface area contributed by atoms with E-state index in [4.69, 9.17) is 16.0 Å². The standard InChI is InChI=1S/C21H18ClN3O4S/c1-2-10-25-18-8-7-15(23-21(26)16-5-3-4-6-17(16)22)12-19(18)30(27,28)24-20(25)14-9-11-29-13-14/h3-9,11-13H,2,10H2,1H3,(H,23,26). The molecule has 0 unspecified atom stereocenters. The van der Waals surface area contributed by atoms with E-state index >= 15 is 0 Å². The number of sulfonamides is 1. The van der Waals surface area contributed by atoms with E-state index < -0.39 is 15.9 Å². The van der Waals surface area contributed by atoms with Crippen molar-refractivity contribution in [2.24, 2.45) is 4.40 Å². The number of benzene rings is 2. The Morgan fingerprint density at radius 1 is 1.20 bits per heavy atom. The number of hydrogen-bond donors (Lipinski definition) is 1. The molecule has 1 aliphatic rings. The van der Waals surface area contributed by atoms with Crippen molar-refractivity contribution < 1.29 is 17.6 Å². The molecular formula is C21H18ClN3O4S. The third-order valence-corrected chi connectivity index (χ3v) is 6.22. The van der Waals surface area contributed by atoms with Crippen LogP contribution in [-0.4, -0.2) is 26.7 Å². The molecule has 2 aromatic carbocycles. The Morgan fingerprint density at radius 3 is 2.70 bits per heavy atom. The minimum absolute atomic E-state index is 0.0279. The molecule has 0 radical (unpaired) electrons. The Balaban J connectivity index is 1.73. The summed E-state index contributed by atoms with van der Waals surface area (Å²) in [6.07, 6.45) is 3.71. The molecule has 0 saturated heterocycles. The summed E-state index contributed by atoms with van der Waals surface area (Å²) in [5.74, 6) is -0.118. The summed E-state index contributed by atoms with van der Waals surface area (Å²) < 4.78 is 34.9. The molecule has 4 rings (SSSR count). The molecule has 0 fully saturated rings. The molecule has 30 heavy (non-hydrogen) atoms. The number of nitrogens with zero attached hydrogens (tertiary/aromatic N) is 2. The van der Waals surface area contributed by atoms with Crippen LogP contribution in [0.2, 0.25) is 5.02 Å². The molecule has 2 heterocycles. The number of fused-ring (bicyclic) bond motifs is 1. The van der Waals surface area contributed by atoms with Gasteiger partial charge in [-0.05, 0) is 42.8 Å². The van der Waals surface area contributed by atoms with Crippen LogP contribution in [-0.2, 0) is 10.0 Å². The second kappa shape index (κ2) is 7.97. The molecule has 1 N–H and O–H groups in total. The van der Waals surface area contributed by atoms with Crippen LogP contribution in [0.5, 0.6) is 0 Å². The maximum atomic E-state index is 12.9. The van der Waals surface area contributed by atoms with Gasteiger partial charge in [0.2, 0.25) is 0 Å². The van der Waals surface area contributed by atoms with Gasteiger partial charge in [-0.3, -0.25) is 4.79 Å². The lowest BCUT2D eigenvalue weighted by atomic mass is 10.2. The van der Waals surface area contributed by atoms with Crippen LogP contribution < -0.4 is 10.2 Å². The van der Waals surface area contributed by atoms with Gasteiger partial charge in [0, 0.05) is 12.2 Å². The summed E-state index contributed by atoms with van der Waals surface area (Å²) in [7, 11) is -3.97. The van der Waals surface area contributed by atoms with Gasteiger partial charge in [0.05, 0.1) is 28.1 Å². The van der Waals surface area contributed by atoms with Crippen molar-refractivity contribution in [2.45, 2.75) is 18.2 Å². The first-order valence-corrected chi connectivity index (χ1v) is 11.1.